The zero-order valence-corrected chi connectivity index (χ0v) is 8.85. The van der Waals surface area contributed by atoms with Gasteiger partial charge in [0.05, 0.1) is 11.5 Å². The average molecular weight is 220 g/mol. The van der Waals surface area contributed by atoms with E-state index in [0.717, 1.165) is 0 Å². The molecule has 0 aliphatic carbocycles. The van der Waals surface area contributed by atoms with E-state index < -0.39 is 9.84 Å². The fourth-order valence-corrected chi connectivity index (χ4v) is 2.98. The molecule has 14 heavy (non-hydrogen) atoms. The van der Waals surface area contributed by atoms with E-state index in [-0.39, 0.29) is 23.3 Å². The summed E-state index contributed by atoms with van der Waals surface area (Å²) in [6.45, 7) is 0.874. The molecule has 1 amide bonds. The SMILES string of the molecule is NCCNC(=O)C1CCS(=O)(=O)CC1. The third-order valence-corrected chi connectivity index (χ3v) is 4.08. The minimum Gasteiger partial charge on any atom is -0.355 e. The highest BCUT2D eigenvalue weighted by atomic mass is 32.2. The van der Waals surface area contributed by atoms with Crippen molar-refractivity contribution >= 4 is 15.7 Å². The van der Waals surface area contributed by atoms with Gasteiger partial charge in [-0.05, 0) is 12.8 Å². The van der Waals surface area contributed by atoms with Gasteiger partial charge in [0.25, 0.3) is 0 Å². The van der Waals surface area contributed by atoms with Gasteiger partial charge < -0.3 is 11.1 Å². The average Bonchev–Trinajstić information content (AvgIpc) is 2.14. The molecule has 0 radical (unpaired) electrons. The van der Waals surface area contributed by atoms with Crippen LogP contribution in [0.4, 0.5) is 0 Å². The Morgan fingerprint density at radius 2 is 1.93 bits per heavy atom. The number of nitrogens with one attached hydrogen (secondary N) is 1. The maximum Gasteiger partial charge on any atom is 0.223 e. The minimum absolute atomic E-state index is 0.0645. The lowest BCUT2D eigenvalue weighted by atomic mass is 10.0. The maximum absolute atomic E-state index is 11.4. The van der Waals surface area contributed by atoms with Crippen molar-refractivity contribution in [3.63, 3.8) is 0 Å². The van der Waals surface area contributed by atoms with Gasteiger partial charge in [-0.25, -0.2) is 8.42 Å². The Balaban J connectivity index is 2.38. The highest BCUT2D eigenvalue weighted by Gasteiger charge is 2.27. The molecule has 0 bridgehead atoms. The van der Waals surface area contributed by atoms with Crippen molar-refractivity contribution in [3.05, 3.63) is 0 Å². The van der Waals surface area contributed by atoms with Gasteiger partial charge >= 0.3 is 0 Å². The summed E-state index contributed by atoms with van der Waals surface area (Å²) in [6, 6.07) is 0. The van der Waals surface area contributed by atoms with Gasteiger partial charge in [-0.15, -0.1) is 0 Å². The molecule has 0 atom stereocenters. The van der Waals surface area contributed by atoms with E-state index in [1.165, 1.54) is 0 Å². The van der Waals surface area contributed by atoms with E-state index in [2.05, 4.69) is 5.32 Å². The van der Waals surface area contributed by atoms with Gasteiger partial charge in [0.15, 0.2) is 0 Å². The molecule has 5 nitrogen and oxygen atoms in total. The lowest BCUT2D eigenvalue weighted by Crippen LogP contribution is -2.38. The van der Waals surface area contributed by atoms with Gasteiger partial charge in [0, 0.05) is 19.0 Å². The zero-order valence-electron chi connectivity index (χ0n) is 8.03. The number of nitrogens with two attached hydrogens (primary N) is 1. The van der Waals surface area contributed by atoms with Crippen molar-refractivity contribution in [1.82, 2.24) is 5.32 Å². The van der Waals surface area contributed by atoms with E-state index in [1.807, 2.05) is 0 Å². The fraction of sp³-hybridized carbons (Fsp3) is 0.875. The molecule has 0 unspecified atom stereocenters. The van der Waals surface area contributed by atoms with Crippen LogP contribution in [0.2, 0.25) is 0 Å². The Morgan fingerprint density at radius 1 is 1.36 bits per heavy atom. The van der Waals surface area contributed by atoms with Crippen molar-refractivity contribution in [2.75, 3.05) is 24.6 Å². The summed E-state index contributed by atoms with van der Waals surface area (Å²) in [7, 11) is -2.87. The number of rotatable bonds is 3. The van der Waals surface area contributed by atoms with E-state index in [4.69, 9.17) is 5.73 Å². The van der Waals surface area contributed by atoms with E-state index in [9.17, 15) is 13.2 Å². The molecule has 0 aromatic carbocycles. The Labute approximate surface area is 84.0 Å². The molecular weight excluding hydrogens is 204 g/mol. The first kappa shape index (κ1) is 11.5. The Morgan fingerprint density at radius 3 is 2.43 bits per heavy atom. The molecular formula is C8H16N2O3S. The van der Waals surface area contributed by atoms with Crippen molar-refractivity contribution in [2.24, 2.45) is 11.7 Å². The third kappa shape index (κ3) is 3.26. The van der Waals surface area contributed by atoms with Crippen LogP contribution < -0.4 is 11.1 Å². The molecule has 1 heterocycles. The van der Waals surface area contributed by atoms with Gasteiger partial charge in [-0.3, -0.25) is 4.79 Å². The highest BCUT2D eigenvalue weighted by Crippen LogP contribution is 2.18. The quantitative estimate of drug-likeness (QED) is 0.631. The smallest absolute Gasteiger partial charge is 0.223 e. The number of carbonyl (C=O) groups excluding carboxylic acids is 1. The molecule has 0 spiro atoms. The van der Waals surface area contributed by atoms with Crippen LogP contribution in [-0.2, 0) is 14.6 Å². The first-order valence-corrected chi connectivity index (χ1v) is 6.55. The van der Waals surface area contributed by atoms with Crippen molar-refractivity contribution in [3.8, 4) is 0 Å². The summed E-state index contributed by atoms with van der Waals surface area (Å²) in [4.78, 5) is 11.4. The molecule has 0 saturated carbocycles. The summed E-state index contributed by atoms with van der Waals surface area (Å²) in [5, 5.41) is 2.67. The van der Waals surface area contributed by atoms with Gasteiger partial charge in [0.1, 0.15) is 9.84 Å². The second-order valence-electron chi connectivity index (χ2n) is 3.51. The lowest BCUT2D eigenvalue weighted by molar-refractivity contribution is -0.125. The Hall–Kier alpha value is -0.620. The number of sulfone groups is 1. The standard InChI is InChI=1S/C8H16N2O3S/c9-3-4-10-8(11)7-1-5-14(12,13)6-2-7/h7H,1-6,9H2,(H,10,11). The molecule has 6 heteroatoms. The monoisotopic (exact) mass is 220 g/mol. The van der Waals surface area contributed by atoms with Crippen LogP contribution in [-0.4, -0.2) is 38.9 Å². The van der Waals surface area contributed by atoms with E-state index in [0.29, 0.717) is 25.9 Å². The summed E-state index contributed by atoms with van der Waals surface area (Å²) < 4.78 is 22.2. The van der Waals surface area contributed by atoms with Crippen LogP contribution in [0.15, 0.2) is 0 Å². The second-order valence-corrected chi connectivity index (χ2v) is 5.81. The topological polar surface area (TPSA) is 89.3 Å². The van der Waals surface area contributed by atoms with Crippen molar-refractivity contribution in [1.29, 1.82) is 0 Å². The van der Waals surface area contributed by atoms with Gasteiger partial charge in [-0.2, -0.15) is 0 Å². The number of carbonyl (C=O) groups is 1. The highest BCUT2D eigenvalue weighted by molar-refractivity contribution is 7.91. The third-order valence-electron chi connectivity index (χ3n) is 2.37. The molecule has 0 aromatic rings. The Kier molecular flexibility index (Phi) is 3.88. The summed E-state index contributed by atoms with van der Waals surface area (Å²) in [5.41, 5.74) is 5.24. The summed E-state index contributed by atoms with van der Waals surface area (Å²) >= 11 is 0. The first-order valence-electron chi connectivity index (χ1n) is 4.73. The second kappa shape index (κ2) is 4.75. The largest absolute Gasteiger partial charge is 0.355 e. The van der Waals surface area contributed by atoms with Crippen LogP contribution in [0.5, 0.6) is 0 Å². The molecule has 1 saturated heterocycles. The first-order chi connectivity index (χ1) is 6.55. The summed E-state index contributed by atoms with van der Waals surface area (Å²) in [6.07, 6.45) is 0.886. The van der Waals surface area contributed by atoms with E-state index in [1.54, 1.807) is 0 Å². The summed E-state index contributed by atoms with van der Waals surface area (Å²) in [5.74, 6) is 0.0527. The van der Waals surface area contributed by atoms with Crippen LogP contribution >= 0.6 is 0 Å². The predicted molar refractivity (Wildman–Crippen MR) is 53.4 cm³/mol. The minimum atomic E-state index is -2.87. The molecule has 82 valence electrons. The Bertz CT molecular complexity index is 286. The molecule has 1 fully saturated rings. The van der Waals surface area contributed by atoms with Crippen molar-refractivity contribution < 1.29 is 13.2 Å². The number of amides is 1. The normalized spacial score (nSPS) is 21.8. The zero-order chi connectivity index (χ0) is 10.6. The van der Waals surface area contributed by atoms with Crippen LogP contribution in [0.3, 0.4) is 0 Å². The fourth-order valence-electron chi connectivity index (χ4n) is 1.49. The molecule has 1 aliphatic rings. The molecule has 0 aromatic heterocycles. The molecule has 1 rings (SSSR count). The number of hydrogen-bond acceptors (Lipinski definition) is 4. The predicted octanol–water partition coefficient (Wildman–Crippen LogP) is -1.11. The molecule has 1 aliphatic heterocycles. The van der Waals surface area contributed by atoms with Crippen LogP contribution in [0.25, 0.3) is 0 Å². The van der Waals surface area contributed by atoms with Gasteiger partial charge in [0.2, 0.25) is 5.91 Å². The maximum atomic E-state index is 11.4. The lowest BCUT2D eigenvalue weighted by Gasteiger charge is -2.20. The van der Waals surface area contributed by atoms with E-state index >= 15 is 0 Å². The number of hydrogen-bond donors (Lipinski definition) is 2. The van der Waals surface area contributed by atoms with Crippen LogP contribution in [0.1, 0.15) is 12.8 Å². The van der Waals surface area contributed by atoms with Crippen molar-refractivity contribution in [2.45, 2.75) is 12.8 Å². The van der Waals surface area contributed by atoms with Crippen LogP contribution in [0, 0.1) is 5.92 Å². The molecule has 3 N–H and O–H groups in total. The van der Waals surface area contributed by atoms with Gasteiger partial charge in [-0.1, -0.05) is 0 Å².